The Bertz CT molecular complexity index is 1190. The molecule has 1 aliphatic rings. The summed E-state index contributed by atoms with van der Waals surface area (Å²) >= 11 is 7.04. The van der Waals surface area contributed by atoms with Gasteiger partial charge in [0.2, 0.25) is 0 Å². The van der Waals surface area contributed by atoms with Crippen molar-refractivity contribution in [2.75, 3.05) is 6.61 Å². The third-order valence-electron chi connectivity index (χ3n) is 5.02. The number of pyridine rings is 1. The van der Waals surface area contributed by atoms with E-state index in [1.54, 1.807) is 6.07 Å². The van der Waals surface area contributed by atoms with Gasteiger partial charge in [0.15, 0.2) is 0 Å². The molecule has 1 aromatic carbocycles. The van der Waals surface area contributed by atoms with Crippen LogP contribution in [0, 0.1) is 18.2 Å². The van der Waals surface area contributed by atoms with E-state index in [1.165, 1.54) is 18.6 Å². The molecule has 3 aromatic rings. The monoisotopic (exact) mass is 495 g/mol. The number of aliphatic hydroxyl groups excluding tert-OH is 3. The number of nitrogens with zero attached hydrogens (tertiary/aromatic N) is 5. The zero-order chi connectivity index (χ0) is 23.7. The number of thioether (sulfide) groups is 1. The fourth-order valence-corrected chi connectivity index (χ4v) is 4.77. The van der Waals surface area contributed by atoms with Gasteiger partial charge in [0.05, 0.1) is 24.4 Å². The summed E-state index contributed by atoms with van der Waals surface area (Å²) in [6.07, 6.45) is 0.518. The minimum Gasteiger partial charge on any atom is -0.394 e. The zero-order valence-corrected chi connectivity index (χ0v) is 18.2. The maximum absolute atomic E-state index is 14.0. The Morgan fingerprint density at radius 2 is 1.91 bits per heavy atom. The van der Waals surface area contributed by atoms with Crippen LogP contribution in [0.1, 0.15) is 6.04 Å². The second-order valence-corrected chi connectivity index (χ2v) is 8.75. The minimum absolute atomic E-state index is 0.0225. The number of hydrogen-bond acceptors (Lipinski definition) is 8. The zero-order valence-electron chi connectivity index (χ0n) is 16.6. The van der Waals surface area contributed by atoms with Gasteiger partial charge in [-0.15, -0.1) is 5.10 Å². The number of halogens is 3. The SMILES string of the molecule is [C-]#[N+]c1c(F)cc(-c2cn([C@@H]3C(O)[C@@H](Sc4cncc(Cl)c4)OC(CO)[C@@H]3O)nn2)cc1F. The van der Waals surface area contributed by atoms with E-state index >= 15 is 0 Å². The van der Waals surface area contributed by atoms with Gasteiger partial charge < -0.3 is 20.1 Å². The van der Waals surface area contributed by atoms with Crippen LogP contribution >= 0.6 is 23.4 Å². The predicted molar refractivity (Wildman–Crippen MR) is 114 cm³/mol. The highest BCUT2D eigenvalue weighted by Gasteiger charge is 2.46. The minimum atomic E-state index is -1.37. The lowest BCUT2D eigenvalue weighted by Crippen LogP contribution is -2.55. The van der Waals surface area contributed by atoms with Gasteiger partial charge in [-0.1, -0.05) is 28.6 Å². The Morgan fingerprint density at radius 1 is 1.18 bits per heavy atom. The molecule has 0 aliphatic carbocycles. The summed E-state index contributed by atoms with van der Waals surface area (Å²) in [5.74, 6) is -2.10. The van der Waals surface area contributed by atoms with E-state index in [-0.39, 0.29) is 11.3 Å². The van der Waals surface area contributed by atoms with Crippen LogP contribution in [0.4, 0.5) is 14.5 Å². The van der Waals surface area contributed by atoms with Crippen LogP contribution in [0.2, 0.25) is 5.02 Å². The van der Waals surface area contributed by atoms with Crippen molar-refractivity contribution in [2.45, 2.75) is 34.7 Å². The van der Waals surface area contributed by atoms with E-state index in [0.29, 0.717) is 9.92 Å². The Hall–Kier alpha value is -2.66. The average Bonchev–Trinajstić information content (AvgIpc) is 3.25. The highest BCUT2D eigenvalue weighted by molar-refractivity contribution is 7.99. The first-order valence-electron chi connectivity index (χ1n) is 9.50. The predicted octanol–water partition coefficient (Wildman–Crippen LogP) is 2.59. The van der Waals surface area contributed by atoms with Crippen molar-refractivity contribution in [1.82, 2.24) is 20.0 Å². The van der Waals surface area contributed by atoms with Gasteiger partial charge in [-0.2, -0.15) is 0 Å². The molecular weight excluding hydrogens is 480 g/mol. The number of ether oxygens (including phenoxy) is 1. The molecule has 2 unspecified atom stereocenters. The molecule has 4 rings (SSSR count). The first-order valence-corrected chi connectivity index (χ1v) is 10.8. The van der Waals surface area contributed by atoms with E-state index < -0.39 is 53.7 Å². The Kier molecular flexibility index (Phi) is 6.89. The summed E-state index contributed by atoms with van der Waals surface area (Å²) in [6.45, 7) is 6.31. The lowest BCUT2D eigenvalue weighted by Gasteiger charge is -2.41. The quantitative estimate of drug-likeness (QED) is 0.462. The van der Waals surface area contributed by atoms with Crippen LogP contribution < -0.4 is 0 Å². The molecule has 172 valence electrons. The molecule has 0 amide bonds. The van der Waals surface area contributed by atoms with E-state index in [1.807, 2.05) is 0 Å². The maximum Gasteiger partial charge on any atom is 0.256 e. The molecule has 0 spiro atoms. The van der Waals surface area contributed by atoms with E-state index in [4.69, 9.17) is 22.9 Å². The van der Waals surface area contributed by atoms with Gasteiger partial charge >= 0.3 is 0 Å². The molecule has 1 aliphatic heterocycles. The first kappa shape index (κ1) is 23.5. The van der Waals surface area contributed by atoms with Crippen molar-refractivity contribution in [2.24, 2.45) is 0 Å². The van der Waals surface area contributed by atoms with Crippen molar-refractivity contribution >= 4 is 29.1 Å². The van der Waals surface area contributed by atoms with Gasteiger partial charge in [0.25, 0.3) is 5.69 Å². The molecule has 0 bridgehead atoms. The van der Waals surface area contributed by atoms with Gasteiger partial charge in [0.1, 0.15) is 47.1 Å². The molecule has 0 saturated carbocycles. The van der Waals surface area contributed by atoms with Crippen LogP contribution in [-0.2, 0) is 4.74 Å². The van der Waals surface area contributed by atoms with E-state index in [2.05, 4.69) is 20.1 Å². The fraction of sp³-hybridized carbons (Fsp3) is 0.300. The summed E-state index contributed by atoms with van der Waals surface area (Å²) in [5, 5.41) is 39.5. The highest BCUT2D eigenvalue weighted by atomic mass is 35.5. The van der Waals surface area contributed by atoms with E-state index in [0.717, 1.165) is 28.6 Å². The molecule has 0 radical (unpaired) electrons. The molecule has 1 fully saturated rings. The Balaban J connectivity index is 1.64. The second kappa shape index (κ2) is 9.68. The summed E-state index contributed by atoms with van der Waals surface area (Å²) in [5.41, 5.74) is -1.59. The highest BCUT2D eigenvalue weighted by Crippen LogP contribution is 2.38. The largest absolute Gasteiger partial charge is 0.394 e. The Labute approximate surface area is 195 Å². The van der Waals surface area contributed by atoms with Crippen molar-refractivity contribution in [3.05, 3.63) is 64.9 Å². The Morgan fingerprint density at radius 3 is 2.55 bits per heavy atom. The van der Waals surface area contributed by atoms with Crippen molar-refractivity contribution in [1.29, 1.82) is 0 Å². The van der Waals surface area contributed by atoms with Gasteiger partial charge in [-0.05, 0) is 18.2 Å². The number of hydrogen-bond donors (Lipinski definition) is 3. The normalized spacial score (nSPS) is 25.1. The van der Waals surface area contributed by atoms with Crippen LogP contribution in [0.5, 0.6) is 0 Å². The van der Waals surface area contributed by atoms with E-state index in [9.17, 15) is 24.1 Å². The van der Waals surface area contributed by atoms with Crippen molar-refractivity contribution in [3.63, 3.8) is 0 Å². The maximum atomic E-state index is 14.0. The molecular formula is C20H16ClF2N5O4S. The summed E-state index contributed by atoms with van der Waals surface area (Å²) in [6, 6.07) is 2.41. The van der Waals surface area contributed by atoms with Crippen LogP contribution in [0.15, 0.2) is 41.7 Å². The molecule has 3 N–H and O–H groups in total. The lowest BCUT2D eigenvalue weighted by molar-refractivity contribution is -0.178. The molecule has 3 heterocycles. The summed E-state index contributed by atoms with van der Waals surface area (Å²) in [7, 11) is 0. The third-order valence-corrected chi connectivity index (χ3v) is 6.35. The summed E-state index contributed by atoms with van der Waals surface area (Å²) < 4.78 is 34.8. The fourth-order valence-electron chi connectivity index (χ4n) is 3.44. The standard InChI is InChI=1S/C20H16ClF2N5O4S/c1-24-16-12(22)2-9(3-13(16)23)14-7-28(27-26-14)17-18(30)15(8-29)32-20(19(17)31)33-11-4-10(21)5-25-6-11/h2-7,15,17-20,29-31H,8H2/t15?,17-,18-,19?,20+/m0/s1. The molecule has 5 atom stereocenters. The van der Waals surface area contributed by atoms with Crippen LogP contribution in [0.3, 0.4) is 0 Å². The number of benzene rings is 1. The van der Waals surface area contributed by atoms with Crippen LogP contribution in [0.25, 0.3) is 16.1 Å². The number of aromatic nitrogens is 4. The van der Waals surface area contributed by atoms with Crippen LogP contribution in [-0.4, -0.2) is 65.7 Å². The molecule has 33 heavy (non-hydrogen) atoms. The van der Waals surface area contributed by atoms with Gasteiger partial charge in [0, 0.05) is 22.9 Å². The number of rotatable bonds is 5. The third kappa shape index (κ3) is 4.70. The van der Waals surface area contributed by atoms with Crippen molar-refractivity contribution in [3.8, 4) is 11.3 Å². The lowest BCUT2D eigenvalue weighted by atomic mass is 9.97. The summed E-state index contributed by atoms with van der Waals surface area (Å²) in [4.78, 5) is 7.37. The molecule has 13 heteroatoms. The molecule has 1 saturated heterocycles. The molecule has 2 aromatic heterocycles. The molecule has 9 nitrogen and oxygen atoms in total. The topological polar surface area (TPSA) is 118 Å². The average molecular weight is 496 g/mol. The van der Waals surface area contributed by atoms with Gasteiger partial charge in [-0.3, -0.25) is 4.98 Å². The number of aliphatic hydroxyl groups is 3. The van der Waals surface area contributed by atoms with Gasteiger partial charge in [-0.25, -0.2) is 18.3 Å². The second-order valence-electron chi connectivity index (χ2n) is 7.14. The van der Waals surface area contributed by atoms with Crippen molar-refractivity contribution < 1.29 is 28.8 Å². The smallest absolute Gasteiger partial charge is 0.256 e. The first-order chi connectivity index (χ1) is 15.8.